The molecule has 0 spiro atoms. The highest BCUT2D eigenvalue weighted by atomic mass is 16.1. The molecule has 1 fully saturated rings. The van der Waals surface area contributed by atoms with Crippen molar-refractivity contribution in [1.29, 1.82) is 0 Å². The Morgan fingerprint density at radius 1 is 1.69 bits per heavy atom. The SMILES string of the molecule is Cc1nn(C(C)C2CC2)cc1C=O. The van der Waals surface area contributed by atoms with Crippen molar-refractivity contribution in [2.24, 2.45) is 5.92 Å². The monoisotopic (exact) mass is 178 g/mol. The number of nitrogens with zero attached hydrogens (tertiary/aromatic N) is 2. The number of hydrogen-bond donors (Lipinski definition) is 0. The van der Waals surface area contributed by atoms with E-state index >= 15 is 0 Å². The lowest BCUT2D eigenvalue weighted by Gasteiger charge is -2.09. The highest BCUT2D eigenvalue weighted by Gasteiger charge is 2.29. The van der Waals surface area contributed by atoms with Crippen molar-refractivity contribution in [2.45, 2.75) is 32.7 Å². The lowest BCUT2D eigenvalue weighted by molar-refractivity contribution is 0.112. The third kappa shape index (κ3) is 1.50. The second kappa shape index (κ2) is 2.98. The van der Waals surface area contributed by atoms with Crippen LogP contribution in [0.25, 0.3) is 0 Å². The van der Waals surface area contributed by atoms with Gasteiger partial charge in [-0.1, -0.05) is 0 Å². The van der Waals surface area contributed by atoms with E-state index in [9.17, 15) is 4.79 Å². The predicted molar refractivity (Wildman–Crippen MR) is 49.8 cm³/mol. The van der Waals surface area contributed by atoms with Crippen molar-refractivity contribution in [1.82, 2.24) is 9.78 Å². The second-order valence-electron chi connectivity index (χ2n) is 3.85. The zero-order valence-electron chi connectivity index (χ0n) is 8.03. The molecule has 0 saturated heterocycles. The number of aryl methyl sites for hydroxylation is 1. The molecule has 3 nitrogen and oxygen atoms in total. The maximum Gasteiger partial charge on any atom is 0.153 e. The molecule has 1 aromatic heterocycles. The van der Waals surface area contributed by atoms with Gasteiger partial charge in [-0.05, 0) is 32.6 Å². The lowest BCUT2D eigenvalue weighted by Crippen LogP contribution is -2.07. The number of carbonyl (C=O) groups is 1. The van der Waals surface area contributed by atoms with Crippen molar-refractivity contribution in [3.63, 3.8) is 0 Å². The maximum absolute atomic E-state index is 10.6. The molecule has 0 aromatic carbocycles. The van der Waals surface area contributed by atoms with Crippen LogP contribution in [0.1, 0.15) is 41.9 Å². The van der Waals surface area contributed by atoms with E-state index in [1.807, 2.05) is 17.8 Å². The van der Waals surface area contributed by atoms with Crippen molar-refractivity contribution < 1.29 is 4.79 Å². The summed E-state index contributed by atoms with van der Waals surface area (Å²) in [5.74, 6) is 0.777. The molecule has 1 saturated carbocycles. The van der Waals surface area contributed by atoms with Gasteiger partial charge in [0.1, 0.15) is 0 Å². The topological polar surface area (TPSA) is 34.9 Å². The van der Waals surface area contributed by atoms with Crippen molar-refractivity contribution in [3.8, 4) is 0 Å². The summed E-state index contributed by atoms with van der Waals surface area (Å²) in [6.45, 7) is 4.04. The standard InChI is InChI=1S/C10H14N2O/c1-7-10(6-13)5-12(11-7)8(2)9-3-4-9/h5-6,8-9H,3-4H2,1-2H3. The fourth-order valence-corrected chi connectivity index (χ4v) is 1.61. The van der Waals surface area contributed by atoms with E-state index in [-0.39, 0.29) is 0 Å². The van der Waals surface area contributed by atoms with Crippen LogP contribution in [0.15, 0.2) is 6.20 Å². The van der Waals surface area contributed by atoms with Crippen LogP contribution in [0.3, 0.4) is 0 Å². The maximum atomic E-state index is 10.6. The number of carbonyl (C=O) groups excluding carboxylic acids is 1. The molecule has 70 valence electrons. The zero-order chi connectivity index (χ0) is 9.42. The summed E-state index contributed by atoms with van der Waals surface area (Å²) < 4.78 is 1.93. The molecule has 1 heterocycles. The number of rotatable bonds is 3. The number of hydrogen-bond acceptors (Lipinski definition) is 2. The fourth-order valence-electron chi connectivity index (χ4n) is 1.61. The summed E-state index contributed by atoms with van der Waals surface area (Å²) in [7, 11) is 0. The summed E-state index contributed by atoms with van der Waals surface area (Å²) in [4.78, 5) is 10.6. The van der Waals surface area contributed by atoms with Gasteiger partial charge < -0.3 is 0 Å². The summed E-state index contributed by atoms with van der Waals surface area (Å²) in [6.07, 6.45) is 5.33. The van der Waals surface area contributed by atoms with Crippen LogP contribution in [0.4, 0.5) is 0 Å². The van der Waals surface area contributed by atoms with Gasteiger partial charge in [-0.2, -0.15) is 5.10 Å². The van der Waals surface area contributed by atoms with E-state index < -0.39 is 0 Å². The molecule has 0 aliphatic heterocycles. The van der Waals surface area contributed by atoms with Crippen molar-refractivity contribution >= 4 is 6.29 Å². The largest absolute Gasteiger partial charge is 0.298 e. The summed E-state index contributed by atoms with van der Waals surface area (Å²) in [5, 5.41) is 4.33. The first kappa shape index (κ1) is 8.48. The predicted octanol–water partition coefficient (Wildman–Crippen LogP) is 1.98. The van der Waals surface area contributed by atoms with Gasteiger partial charge in [-0.3, -0.25) is 9.48 Å². The first-order valence-corrected chi connectivity index (χ1v) is 4.73. The highest BCUT2D eigenvalue weighted by Crippen LogP contribution is 2.39. The minimum atomic E-state index is 0.451. The molecule has 1 atom stereocenters. The molecule has 0 N–H and O–H groups in total. The van der Waals surface area contributed by atoms with E-state index in [0.717, 1.165) is 17.9 Å². The smallest absolute Gasteiger partial charge is 0.153 e. The average molecular weight is 178 g/mol. The molecule has 1 aliphatic carbocycles. The van der Waals surface area contributed by atoms with Crippen molar-refractivity contribution in [2.75, 3.05) is 0 Å². The van der Waals surface area contributed by atoms with Crippen molar-refractivity contribution in [3.05, 3.63) is 17.5 Å². The Balaban J connectivity index is 2.24. The van der Waals surface area contributed by atoms with E-state index in [2.05, 4.69) is 12.0 Å². The Morgan fingerprint density at radius 3 is 2.85 bits per heavy atom. The zero-order valence-corrected chi connectivity index (χ0v) is 8.03. The molecule has 0 radical (unpaired) electrons. The molecule has 1 aromatic rings. The summed E-state index contributed by atoms with van der Waals surface area (Å²) >= 11 is 0. The van der Waals surface area contributed by atoms with Gasteiger partial charge in [-0.15, -0.1) is 0 Å². The Kier molecular flexibility index (Phi) is 1.94. The Labute approximate surface area is 77.7 Å². The van der Waals surface area contributed by atoms with Crippen LogP contribution < -0.4 is 0 Å². The van der Waals surface area contributed by atoms with Crippen LogP contribution in [0.2, 0.25) is 0 Å². The van der Waals surface area contributed by atoms with Crippen LogP contribution in [0, 0.1) is 12.8 Å². The fraction of sp³-hybridized carbons (Fsp3) is 0.600. The molecule has 0 amide bonds. The minimum absolute atomic E-state index is 0.451. The molecule has 1 unspecified atom stereocenters. The average Bonchev–Trinajstić information content (AvgIpc) is 2.89. The van der Waals surface area contributed by atoms with Gasteiger partial charge in [0.2, 0.25) is 0 Å². The Hall–Kier alpha value is -1.12. The molecule has 2 rings (SSSR count). The molecule has 0 bridgehead atoms. The van der Waals surface area contributed by atoms with Crippen LogP contribution in [-0.4, -0.2) is 16.1 Å². The van der Waals surface area contributed by atoms with Crippen LogP contribution in [-0.2, 0) is 0 Å². The van der Waals surface area contributed by atoms with Gasteiger partial charge in [-0.25, -0.2) is 0 Å². The first-order valence-electron chi connectivity index (χ1n) is 4.73. The highest BCUT2D eigenvalue weighted by molar-refractivity contribution is 5.75. The minimum Gasteiger partial charge on any atom is -0.298 e. The van der Waals surface area contributed by atoms with Crippen LogP contribution >= 0.6 is 0 Å². The third-order valence-electron chi connectivity index (χ3n) is 2.80. The summed E-state index contributed by atoms with van der Waals surface area (Å²) in [5.41, 5.74) is 1.55. The van der Waals surface area contributed by atoms with Gasteiger partial charge in [0.15, 0.2) is 6.29 Å². The molecular formula is C10H14N2O. The van der Waals surface area contributed by atoms with E-state index in [0.29, 0.717) is 11.6 Å². The number of aromatic nitrogens is 2. The van der Waals surface area contributed by atoms with Gasteiger partial charge >= 0.3 is 0 Å². The molecular weight excluding hydrogens is 164 g/mol. The summed E-state index contributed by atoms with van der Waals surface area (Å²) in [6, 6.07) is 0.451. The Bertz CT molecular complexity index is 326. The van der Waals surface area contributed by atoms with E-state index in [1.165, 1.54) is 12.8 Å². The van der Waals surface area contributed by atoms with E-state index in [4.69, 9.17) is 0 Å². The Morgan fingerprint density at radius 2 is 2.38 bits per heavy atom. The van der Waals surface area contributed by atoms with Gasteiger partial charge in [0.05, 0.1) is 17.3 Å². The number of aldehydes is 1. The molecule has 1 aliphatic rings. The lowest BCUT2D eigenvalue weighted by atomic mass is 10.2. The third-order valence-corrected chi connectivity index (χ3v) is 2.80. The van der Waals surface area contributed by atoms with E-state index in [1.54, 1.807) is 0 Å². The second-order valence-corrected chi connectivity index (χ2v) is 3.85. The quantitative estimate of drug-likeness (QED) is 0.663. The first-order chi connectivity index (χ1) is 6.22. The van der Waals surface area contributed by atoms with Crippen LogP contribution in [0.5, 0.6) is 0 Å². The molecule has 3 heteroatoms. The normalized spacial score (nSPS) is 18.6. The van der Waals surface area contributed by atoms with Gasteiger partial charge in [0, 0.05) is 6.20 Å². The van der Waals surface area contributed by atoms with Gasteiger partial charge in [0.25, 0.3) is 0 Å². The molecule has 13 heavy (non-hydrogen) atoms.